The highest BCUT2D eigenvalue weighted by molar-refractivity contribution is 9.10. The minimum absolute atomic E-state index is 0.0474. The van der Waals surface area contributed by atoms with Gasteiger partial charge in [-0.25, -0.2) is 13.1 Å². The van der Waals surface area contributed by atoms with Crippen LogP contribution in [-0.2, 0) is 10.0 Å². The fourth-order valence-corrected chi connectivity index (χ4v) is 3.46. The van der Waals surface area contributed by atoms with Crippen LogP contribution < -0.4 is 4.72 Å². The normalized spacial score (nSPS) is 15.4. The quantitative estimate of drug-likeness (QED) is 0.920. The van der Waals surface area contributed by atoms with E-state index < -0.39 is 15.9 Å². The second-order valence-electron chi connectivity index (χ2n) is 4.62. The first kappa shape index (κ1) is 13.5. The van der Waals surface area contributed by atoms with Crippen molar-refractivity contribution in [2.24, 2.45) is 5.92 Å². The lowest BCUT2D eigenvalue weighted by molar-refractivity contribution is 0.0981. The number of hydrogen-bond donors (Lipinski definition) is 1. The predicted molar refractivity (Wildman–Crippen MR) is 72.9 cm³/mol. The Morgan fingerprint density at radius 1 is 1.44 bits per heavy atom. The van der Waals surface area contributed by atoms with Gasteiger partial charge in [0, 0.05) is 10.0 Å². The van der Waals surface area contributed by atoms with Gasteiger partial charge in [0.05, 0.1) is 5.75 Å². The van der Waals surface area contributed by atoms with Crippen LogP contribution in [0.3, 0.4) is 0 Å². The molecule has 0 bridgehead atoms. The third-order valence-corrected chi connectivity index (χ3v) is 4.74. The van der Waals surface area contributed by atoms with E-state index in [0.717, 1.165) is 22.9 Å². The lowest BCUT2D eigenvalue weighted by Gasteiger charge is -2.08. The van der Waals surface area contributed by atoms with Crippen LogP contribution in [0.25, 0.3) is 0 Å². The Morgan fingerprint density at radius 3 is 2.72 bits per heavy atom. The maximum absolute atomic E-state index is 11.9. The van der Waals surface area contributed by atoms with Crippen LogP contribution in [0.4, 0.5) is 0 Å². The number of carbonyl (C=O) groups excluding carboxylic acids is 1. The van der Waals surface area contributed by atoms with E-state index in [1.807, 2.05) is 6.07 Å². The van der Waals surface area contributed by atoms with Crippen LogP contribution in [0, 0.1) is 12.8 Å². The monoisotopic (exact) mass is 331 g/mol. The van der Waals surface area contributed by atoms with Gasteiger partial charge in [-0.1, -0.05) is 22.0 Å². The van der Waals surface area contributed by atoms with Gasteiger partial charge in [-0.2, -0.15) is 0 Å². The number of rotatable bonds is 4. The van der Waals surface area contributed by atoms with Gasteiger partial charge >= 0.3 is 0 Å². The Labute approximate surface area is 115 Å². The maximum atomic E-state index is 11.9. The summed E-state index contributed by atoms with van der Waals surface area (Å²) in [5.74, 6) is -0.292. The molecule has 1 aromatic rings. The second kappa shape index (κ2) is 5.01. The standard InChI is InChI=1S/C12H14BrNO3S/c1-8-2-5-10(13)6-11(8)12(15)14-18(16,17)7-9-3-4-9/h2,5-6,9H,3-4,7H2,1H3,(H,14,15). The van der Waals surface area contributed by atoms with E-state index in [4.69, 9.17) is 0 Å². The fraction of sp³-hybridized carbons (Fsp3) is 0.417. The van der Waals surface area contributed by atoms with Crippen LogP contribution in [0.1, 0.15) is 28.8 Å². The number of amides is 1. The number of halogens is 1. The van der Waals surface area contributed by atoms with Gasteiger partial charge in [0.1, 0.15) is 0 Å². The Bertz CT molecular complexity index is 579. The number of benzene rings is 1. The molecule has 6 heteroatoms. The Hall–Kier alpha value is -0.880. The summed E-state index contributed by atoms with van der Waals surface area (Å²) in [7, 11) is -3.51. The van der Waals surface area contributed by atoms with Crippen molar-refractivity contribution < 1.29 is 13.2 Å². The molecule has 0 atom stereocenters. The van der Waals surface area contributed by atoms with Gasteiger partial charge in [0.15, 0.2) is 0 Å². The Balaban J connectivity index is 2.13. The molecular formula is C12H14BrNO3S. The minimum Gasteiger partial charge on any atom is -0.268 e. The third-order valence-electron chi connectivity index (χ3n) is 2.84. The van der Waals surface area contributed by atoms with Crippen LogP contribution in [-0.4, -0.2) is 20.1 Å². The number of sulfonamides is 1. The smallest absolute Gasteiger partial charge is 0.265 e. The molecule has 1 aliphatic carbocycles. The first-order valence-corrected chi connectivity index (χ1v) is 8.13. The largest absolute Gasteiger partial charge is 0.268 e. The highest BCUT2D eigenvalue weighted by Crippen LogP contribution is 2.30. The molecule has 1 saturated carbocycles. The van der Waals surface area contributed by atoms with Crippen LogP contribution in [0.15, 0.2) is 22.7 Å². The molecule has 1 aliphatic rings. The molecule has 1 aromatic carbocycles. The van der Waals surface area contributed by atoms with Crippen molar-refractivity contribution in [1.82, 2.24) is 4.72 Å². The van der Waals surface area contributed by atoms with Gasteiger partial charge in [0.2, 0.25) is 10.0 Å². The van der Waals surface area contributed by atoms with E-state index in [1.54, 1.807) is 19.1 Å². The number of aryl methyl sites for hydroxylation is 1. The van der Waals surface area contributed by atoms with Crippen molar-refractivity contribution >= 4 is 31.9 Å². The van der Waals surface area contributed by atoms with Crippen molar-refractivity contribution in [3.8, 4) is 0 Å². The molecule has 0 aliphatic heterocycles. The van der Waals surface area contributed by atoms with Gasteiger partial charge in [-0.15, -0.1) is 0 Å². The third kappa shape index (κ3) is 3.55. The Kier molecular flexibility index (Phi) is 3.77. The molecule has 18 heavy (non-hydrogen) atoms. The van der Waals surface area contributed by atoms with Gasteiger partial charge in [-0.3, -0.25) is 4.79 Å². The number of carbonyl (C=O) groups is 1. The zero-order chi connectivity index (χ0) is 13.3. The van der Waals surface area contributed by atoms with Crippen LogP contribution in [0.5, 0.6) is 0 Å². The predicted octanol–water partition coefficient (Wildman–Crippen LogP) is 2.23. The van der Waals surface area contributed by atoms with Gasteiger partial charge in [0.25, 0.3) is 5.91 Å². The van der Waals surface area contributed by atoms with E-state index >= 15 is 0 Å². The summed E-state index contributed by atoms with van der Waals surface area (Å²) in [5, 5.41) is 0. The lowest BCUT2D eigenvalue weighted by Crippen LogP contribution is -2.33. The average Bonchev–Trinajstić information content (AvgIpc) is 3.03. The van der Waals surface area contributed by atoms with Crippen LogP contribution in [0.2, 0.25) is 0 Å². The molecule has 0 aromatic heterocycles. The van der Waals surface area contributed by atoms with E-state index in [2.05, 4.69) is 20.7 Å². The molecule has 0 spiro atoms. The fourth-order valence-electron chi connectivity index (χ4n) is 1.67. The van der Waals surface area contributed by atoms with E-state index in [-0.39, 0.29) is 11.7 Å². The van der Waals surface area contributed by atoms with E-state index in [1.165, 1.54) is 0 Å². The van der Waals surface area contributed by atoms with Gasteiger partial charge in [-0.05, 0) is 43.4 Å². The summed E-state index contributed by atoms with van der Waals surface area (Å²) < 4.78 is 26.3. The molecule has 0 radical (unpaired) electrons. The molecule has 0 saturated heterocycles. The summed E-state index contributed by atoms with van der Waals surface area (Å²) in [6, 6.07) is 5.20. The van der Waals surface area contributed by atoms with Crippen molar-refractivity contribution in [2.45, 2.75) is 19.8 Å². The highest BCUT2D eigenvalue weighted by atomic mass is 79.9. The number of nitrogens with one attached hydrogen (secondary N) is 1. The molecule has 1 amide bonds. The van der Waals surface area contributed by atoms with Crippen molar-refractivity contribution in [1.29, 1.82) is 0 Å². The molecule has 1 N–H and O–H groups in total. The minimum atomic E-state index is -3.51. The summed E-state index contributed by atoms with van der Waals surface area (Å²) in [4.78, 5) is 11.9. The molecule has 98 valence electrons. The lowest BCUT2D eigenvalue weighted by atomic mass is 10.1. The Morgan fingerprint density at radius 2 is 2.11 bits per heavy atom. The first-order chi connectivity index (χ1) is 8.37. The average molecular weight is 332 g/mol. The SMILES string of the molecule is Cc1ccc(Br)cc1C(=O)NS(=O)(=O)CC1CC1. The summed E-state index contributed by atoms with van der Waals surface area (Å²) in [6.07, 6.45) is 1.87. The summed E-state index contributed by atoms with van der Waals surface area (Å²) in [6.45, 7) is 1.77. The second-order valence-corrected chi connectivity index (χ2v) is 7.30. The van der Waals surface area contributed by atoms with Crippen molar-refractivity contribution in [3.63, 3.8) is 0 Å². The molecule has 0 unspecified atom stereocenters. The van der Waals surface area contributed by atoms with Crippen molar-refractivity contribution in [2.75, 3.05) is 5.75 Å². The zero-order valence-electron chi connectivity index (χ0n) is 9.94. The summed E-state index contributed by atoms with van der Waals surface area (Å²) >= 11 is 3.27. The molecular weight excluding hydrogens is 318 g/mol. The van der Waals surface area contributed by atoms with Crippen molar-refractivity contribution in [3.05, 3.63) is 33.8 Å². The molecule has 2 rings (SSSR count). The zero-order valence-corrected chi connectivity index (χ0v) is 12.3. The molecule has 0 heterocycles. The highest BCUT2D eigenvalue weighted by Gasteiger charge is 2.29. The van der Waals surface area contributed by atoms with Crippen LogP contribution >= 0.6 is 15.9 Å². The topological polar surface area (TPSA) is 63.2 Å². The van der Waals surface area contributed by atoms with Gasteiger partial charge < -0.3 is 0 Å². The number of hydrogen-bond acceptors (Lipinski definition) is 3. The van der Waals surface area contributed by atoms with E-state index in [0.29, 0.717) is 5.56 Å². The molecule has 4 nitrogen and oxygen atoms in total. The maximum Gasteiger partial charge on any atom is 0.265 e. The summed E-state index contributed by atoms with van der Waals surface area (Å²) in [5.41, 5.74) is 1.13. The first-order valence-electron chi connectivity index (χ1n) is 5.68. The molecule has 1 fully saturated rings. The van der Waals surface area contributed by atoms with E-state index in [9.17, 15) is 13.2 Å².